The van der Waals surface area contributed by atoms with E-state index in [4.69, 9.17) is 4.74 Å². The fourth-order valence-corrected chi connectivity index (χ4v) is 3.34. The van der Waals surface area contributed by atoms with Gasteiger partial charge in [0.1, 0.15) is 0 Å². The summed E-state index contributed by atoms with van der Waals surface area (Å²) in [6, 6.07) is 5.89. The summed E-state index contributed by atoms with van der Waals surface area (Å²) in [6.45, 7) is 6.99. The molecule has 8 nitrogen and oxygen atoms in total. The summed E-state index contributed by atoms with van der Waals surface area (Å²) in [5.74, 6) is -0.491. The number of rotatable bonds is 9. The molecule has 1 unspecified atom stereocenters. The average Bonchev–Trinajstić information content (AvgIpc) is 2.73. The number of esters is 1. The van der Waals surface area contributed by atoms with Crippen LogP contribution >= 0.6 is 0 Å². The molecule has 1 heterocycles. The molecule has 0 bridgehead atoms. The van der Waals surface area contributed by atoms with E-state index >= 15 is 0 Å². The standard InChI is InChI=1S/C22H32N4O4/c1-5-7-12-23-21(28)24-17-11-9-10-16(14-17)19-18(20(27)30-4)15(3)26(13-8-6-2)22(29)25-19/h9-11,14,19H,5-8,12-13H2,1-4H3,(H,25,29)(H2,23,24,28). The average molecular weight is 417 g/mol. The van der Waals surface area contributed by atoms with Gasteiger partial charge in [-0.3, -0.25) is 4.90 Å². The zero-order valence-electron chi connectivity index (χ0n) is 18.2. The second-order valence-electron chi connectivity index (χ2n) is 7.24. The van der Waals surface area contributed by atoms with Crippen LogP contribution in [0.15, 0.2) is 35.5 Å². The van der Waals surface area contributed by atoms with E-state index in [2.05, 4.69) is 22.9 Å². The van der Waals surface area contributed by atoms with Crippen LogP contribution in [0, 0.1) is 0 Å². The zero-order chi connectivity index (χ0) is 22.1. The van der Waals surface area contributed by atoms with E-state index in [1.165, 1.54) is 7.11 Å². The van der Waals surface area contributed by atoms with Crippen molar-refractivity contribution in [2.75, 3.05) is 25.5 Å². The third-order valence-corrected chi connectivity index (χ3v) is 5.03. The lowest BCUT2D eigenvalue weighted by Crippen LogP contribution is -2.48. The Morgan fingerprint density at radius 1 is 1.20 bits per heavy atom. The van der Waals surface area contributed by atoms with Gasteiger partial charge in [0.15, 0.2) is 0 Å². The maximum Gasteiger partial charge on any atom is 0.337 e. The Bertz CT molecular complexity index is 806. The molecule has 0 aromatic heterocycles. The molecule has 1 atom stereocenters. The first-order valence-electron chi connectivity index (χ1n) is 10.4. The third kappa shape index (κ3) is 5.75. The number of carbonyl (C=O) groups excluding carboxylic acids is 3. The van der Waals surface area contributed by atoms with Crippen molar-refractivity contribution in [1.82, 2.24) is 15.5 Å². The monoisotopic (exact) mass is 416 g/mol. The molecule has 2 rings (SSSR count). The number of anilines is 1. The number of hydrogen-bond acceptors (Lipinski definition) is 4. The molecular formula is C22H32N4O4. The van der Waals surface area contributed by atoms with Crippen LogP contribution in [0.25, 0.3) is 0 Å². The normalized spacial score (nSPS) is 16.2. The molecule has 0 fully saturated rings. The number of methoxy groups -OCH3 is 1. The fraction of sp³-hybridized carbons (Fsp3) is 0.500. The minimum Gasteiger partial charge on any atom is -0.466 e. The molecule has 8 heteroatoms. The van der Waals surface area contributed by atoms with Crippen LogP contribution in [-0.4, -0.2) is 43.1 Å². The largest absolute Gasteiger partial charge is 0.466 e. The molecule has 1 aromatic rings. The van der Waals surface area contributed by atoms with Crippen LogP contribution in [0.5, 0.6) is 0 Å². The second kappa shape index (κ2) is 11.2. The van der Waals surface area contributed by atoms with Gasteiger partial charge in [-0.2, -0.15) is 0 Å². The first kappa shape index (κ1) is 23.3. The quantitative estimate of drug-likeness (QED) is 0.420. The van der Waals surface area contributed by atoms with Gasteiger partial charge in [0, 0.05) is 24.5 Å². The Labute approximate surface area is 178 Å². The highest BCUT2D eigenvalue weighted by atomic mass is 16.5. The molecule has 1 aromatic carbocycles. The lowest BCUT2D eigenvalue weighted by Gasteiger charge is -2.35. The molecule has 0 radical (unpaired) electrons. The number of ether oxygens (including phenoxy) is 1. The third-order valence-electron chi connectivity index (χ3n) is 5.03. The van der Waals surface area contributed by atoms with Crippen LogP contribution in [0.4, 0.5) is 15.3 Å². The van der Waals surface area contributed by atoms with Gasteiger partial charge in [0.2, 0.25) is 0 Å². The Balaban J connectivity index is 2.30. The highest BCUT2D eigenvalue weighted by Gasteiger charge is 2.36. The molecule has 1 aliphatic rings. The van der Waals surface area contributed by atoms with Crippen LogP contribution in [0.3, 0.4) is 0 Å². The maximum absolute atomic E-state index is 12.7. The van der Waals surface area contributed by atoms with Crippen LogP contribution < -0.4 is 16.0 Å². The van der Waals surface area contributed by atoms with Gasteiger partial charge >= 0.3 is 18.0 Å². The maximum atomic E-state index is 12.7. The van der Waals surface area contributed by atoms with E-state index in [1.54, 1.807) is 30.0 Å². The van der Waals surface area contributed by atoms with Gasteiger partial charge in [-0.25, -0.2) is 14.4 Å². The topological polar surface area (TPSA) is 99.8 Å². The molecule has 0 spiro atoms. The lowest BCUT2D eigenvalue weighted by molar-refractivity contribution is -0.136. The summed E-state index contributed by atoms with van der Waals surface area (Å²) >= 11 is 0. The molecule has 164 valence electrons. The molecule has 0 saturated heterocycles. The first-order valence-corrected chi connectivity index (χ1v) is 10.4. The van der Waals surface area contributed by atoms with E-state index < -0.39 is 12.0 Å². The molecule has 0 aliphatic carbocycles. The predicted molar refractivity (Wildman–Crippen MR) is 116 cm³/mol. The minimum atomic E-state index is -0.660. The van der Waals surface area contributed by atoms with Gasteiger partial charge < -0.3 is 20.7 Å². The predicted octanol–water partition coefficient (Wildman–Crippen LogP) is 3.92. The number of amides is 4. The van der Waals surface area contributed by atoms with Crippen LogP contribution in [0.1, 0.15) is 58.1 Å². The van der Waals surface area contributed by atoms with E-state index in [0.29, 0.717) is 35.6 Å². The lowest BCUT2D eigenvalue weighted by atomic mass is 9.94. The summed E-state index contributed by atoms with van der Waals surface area (Å²) in [5.41, 5.74) is 2.23. The summed E-state index contributed by atoms with van der Waals surface area (Å²) < 4.78 is 5.00. The molecule has 1 aliphatic heterocycles. The van der Waals surface area contributed by atoms with Gasteiger partial charge in [-0.1, -0.05) is 38.8 Å². The van der Waals surface area contributed by atoms with Crippen molar-refractivity contribution in [3.8, 4) is 0 Å². The number of nitrogens with zero attached hydrogens (tertiary/aromatic N) is 1. The highest BCUT2D eigenvalue weighted by Crippen LogP contribution is 2.32. The minimum absolute atomic E-state index is 0.255. The second-order valence-corrected chi connectivity index (χ2v) is 7.24. The van der Waals surface area contributed by atoms with Gasteiger partial charge in [-0.05, 0) is 37.5 Å². The van der Waals surface area contributed by atoms with Crippen LogP contribution in [-0.2, 0) is 9.53 Å². The Morgan fingerprint density at radius 3 is 2.60 bits per heavy atom. The van der Waals surface area contributed by atoms with Crippen molar-refractivity contribution in [2.45, 2.75) is 52.5 Å². The van der Waals surface area contributed by atoms with E-state index in [9.17, 15) is 14.4 Å². The van der Waals surface area contributed by atoms with Gasteiger partial charge in [-0.15, -0.1) is 0 Å². The number of urea groups is 2. The van der Waals surface area contributed by atoms with Crippen LogP contribution in [0.2, 0.25) is 0 Å². The molecule has 4 amide bonds. The number of nitrogens with one attached hydrogen (secondary N) is 3. The van der Waals surface area contributed by atoms with E-state index in [0.717, 1.165) is 25.7 Å². The summed E-state index contributed by atoms with van der Waals surface area (Å²) in [6.07, 6.45) is 3.66. The summed E-state index contributed by atoms with van der Waals surface area (Å²) in [5, 5.41) is 8.50. The van der Waals surface area contributed by atoms with E-state index in [-0.39, 0.29) is 12.1 Å². The van der Waals surface area contributed by atoms with Crippen molar-refractivity contribution in [3.63, 3.8) is 0 Å². The van der Waals surface area contributed by atoms with Crippen molar-refractivity contribution >= 4 is 23.7 Å². The number of hydrogen-bond donors (Lipinski definition) is 3. The molecule has 3 N–H and O–H groups in total. The summed E-state index contributed by atoms with van der Waals surface area (Å²) in [4.78, 5) is 38.9. The van der Waals surface area contributed by atoms with Crippen molar-refractivity contribution in [3.05, 3.63) is 41.1 Å². The van der Waals surface area contributed by atoms with Gasteiger partial charge in [0.05, 0.1) is 18.7 Å². The fourth-order valence-electron chi connectivity index (χ4n) is 3.34. The molecule has 0 saturated carbocycles. The molecule has 30 heavy (non-hydrogen) atoms. The number of unbranched alkanes of at least 4 members (excludes halogenated alkanes) is 2. The van der Waals surface area contributed by atoms with Gasteiger partial charge in [0.25, 0.3) is 0 Å². The van der Waals surface area contributed by atoms with Crippen molar-refractivity contribution in [2.24, 2.45) is 0 Å². The number of benzene rings is 1. The van der Waals surface area contributed by atoms with Crippen molar-refractivity contribution < 1.29 is 19.1 Å². The SMILES string of the molecule is CCCCNC(=O)Nc1cccc(C2NC(=O)N(CCCC)C(C)=C2C(=O)OC)c1. The summed E-state index contributed by atoms with van der Waals surface area (Å²) in [7, 11) is 1.32. The molecular weight excluding hydrogens is 384 g/mol. The van der Waals surface area contributed by atoms with Crippen molar-refractivity contribution in [1.29, 1.82) is 0 Å². The Kier molecular flexibility index (Phi) is 8.70. The highest BCUT2D eigenvalue weighted by molar-refractivity contribution is 5.95. The Hall–Kier alpha value is -3.03. The first-order chi connectivity index (χ1) is 14.4. The number of carbonyl (C=O) groups is 3. The smallest absolute Gasteiger partial charge is 0.337 e. The number of allylic oxidation sites excluding steroid dienone is 1. The zero-order valence-corrected chi connectivity index (χ0v) is 18.2. The Morgan fingerprint density at radius 2 is 1.93 bits per heavy atom. The van der Waals surface area contributed by atoms with E-state index in [1.807, 2.05) is 13.0 Å².